The quantitative estimate of drug-likeness (QED) is 0.596. The molecule has 5 nitrogen and oxygen atoms in total. The average molecular weight is 304 g/mol. The molecule has 22 heavy (non-hydrogen) atoms. The Bertz CT molecular complexity index is 591. The van der Waals surface area contributed by atoms with Gasteiger partial charge in [-0.15, -0.1) is 0 Å². The van der Waals surface area contributed by atoms with Gasteiger partial charge in [-0.3, -0.25) is 14.4 Å². The molecular formula is C17H20O5. The first-order valence-corrected chi connectivity index (χ1v) is 7.63. The Morgan fingerprint density at radius 2 is 1.95 bits per heavy atom. The molecule has 0 N–H and O–H groups in total. The predicted octanol–water partition coefficient (Wildman–Crippen LogP) is 3.15. The SMILES string of the molecule is CCCC(=O)Oc1ccc2c(c1)OC(=O)CC2C(=O)CCC. The van der Waals surface area contributed by atoms with Crippen LogP contribution in [-0.2, 0) is 14.4 Å². The molecule has 1 aromatic rings. The van der Waals surface area contributed by atoms with E-state index < -0.39 is 11.9 Å². The first-order valence-electron chi connectivity index (χ1n) is 7.63. The van der Waals surface area contributed by atoms with E-state index in [2.05, 4.69) is 0 Å². The molecule has 118 valence electrons. The maximum atomic E-state index is 12.2. The molecule has 1 atom stereocenters. The van der Waals surface area contributed by atoms with Gasteiger partial charge < -0.3 is 9.47 Å². The highest BCUT2D eigenvalue weighted by atomic mass is 16.5. The van der Waals surface area contributed by atoms with Crippen LogP contribution in [0.2, 0.25) is 0 Å². The summed E-state index contributed by atoms with van der Waals surface area (Å²) in [5.74, 6) is -0.545. The summed E-state index contributed by atoms with van der Waals surface area (Å²) in [6, 6.07) is 4.85. The molecule has 0 saturated carbocycles. The van der Waals surface area contributed by atoms with Crippen molar-refractivity contribution < 1.29 is 23.9 Å². The molecular weight excluding hydrogens is 284 g/mol. The summed E-state index contributed by atoms with van der Waals surface area (Å²) >= 11 is 0. The van der Waals surface area contributed by atoms with Crippen molar-refractivity contribution in [1.29, 1.82) is 0 Å². The number of carbonyl (C=O) groups is 3. The third-order valence-electron chi connectivity index (χ3n) is 3.53. The molecule has 0 spiro atoms. The lowest BCUT2D eigenvalue weighted by Gasteiger charge is -2.23. The second-order valence-corrected chi connectivity index (χ2v) is 5.37. The van der Waals surface area contributed by atoms with Crippen LogP contribution in [0.1, 0.15) is 57.4 Å². The van der Waals surface area contributed by atoms with Crippen LogP contribution in [0, 0.1) is 0 Å². The standard InChI is InChI=1S/C17H20O5/c1-3-5-14(18)13-10-17(20)22-15-9-11(7-8-12(13)15)21-16(19)6-4-2/h7-9,13H,3-6,10H2,1-2H3. The molecule has 0 saturated heterocycles. The number of esters is 2. The van der Waals surface area contributed by atoms with Crippen LogP contribution in [0.5, 0.6) is 11.5 Å². The van der Waals surface area contributed by atoms with E-state index in [1.54, 1.807) is 12.1 Å². The van der Waals surface area contributed by atoms with Crippen LogP contribution in [0.4, 0.5) is 0 Å². The summed E-state index contributed by atoms with van der Waals surface area (Å²) < 4.78 is 10.4. The van der Waals surface area contributed by atoms with Gasteiger partial charge in [0.1, 0.15) is 17.3 Å². The van der Waals surface area contributed by atoms with Gasteiger partial charge in [-0.25, -0.2) is 0 Å². The molecule has 1 aromatic carbocycles. The van der Waals surface area contributed by atoms with E-state index >= 15 is 0 Å². The van der Waals surface area contributed by atoms with Crippen molar-refractivity contribution in [3.05, 3.63) is 23.8 Å². The molecule has 2 rings (SSSR count). The highest BCUT2D eigenvalue weighted by Crippen LogP contribution is 2.38. The fraction of sp³-hybridized carbons (Fsp3) is 0.471. The number of fused-ring (bicyclic) bond motifs is 1. The minimum Gasteiger partial charge on any atom is -0.426 e. The Labute approximate surface area is 129 Å². The highest BCUT2D eigenvalue weighted by Gasteiger charge is 2.32. The number of carbonyl (C=O) groups excluding carboxylic acids is 3. The molecule has 1 aliphatic heterocycles. The van der Waals surface area contributed by atoms with Crippen molar-refractivity contribution in [2.75, 3.05) is 0 Å². The normalized spacial score (nSPS) is 16.6. The van der Waals surface area contributed by atoms with Gasteiger partial charge in [0, 0.05) is 24.5 Å². The summed E-state index contributed by atoms with van der Waals surface area (Å²) in [7, 11) is 0. The zero-order valence-corrected chi connectivity index (χ0v) is 12.9. The van der Waals surface area contributed by atoms with Gasteiger partial charge in [0.2, 0.25) is 0 Å². The number of ether oxygens (including phenoxy) is 2. The third-order valence-corrected chi connectivity index (χ3v) is 3.53. The second kappa shape index (κ2) is 7.20. The van der Waals surface area contributed by atoms with Gasteiger partial charge in [-0.1, -0.05) is 19.9 Å². The van der Waals surface area contributed by atoms with Crippen LogP contribution in [0.3, 0.4) is 0 Å². The van der Waals surface area contributed by atoms with Gasteiger partial charge in [0.25, 0.3) is 0 Å². The minimum absolute atomic E-state index is 0.0381. The molecule has 0 radical (unpaired) electrons. The number of benzene rings is 1. The fourth-order valence-corrected chi connectivity index (χ4v) is 2.49. The topological polar surface area (TPSA) is 69.7 Å². The van der Waals surface area contributed by atoms with Crippen LogP contribution in [-0.4, -0.2) is 17.7 Å². The summed E-state index contributed by atoms with van der Waals surface area (Å²) in [6.07, 6.45) is 2.28. The van der Waals surface area contributed by atoms with Crippen LogP contribution in [0.15, 0.2) is 18.2 Å². The molecule has 5 heteroatoms. The van der Waals surface area contributed by atoms with E-state index in [0.29, 0.717) is 36.3 Å². The Morgan fingerprint density at radius 1 is 1.23 bits per heavy atom. The van der Waals surface area contributed by atoms with E-state index in [4.69, 9.17) is 9.47 Å². The molecule has 1 heterocycles. The maximum Gasteiger partial charge on any atom is 0.312 e. The maximum absolute atomic E-state index is 12.2. The number of ketones is 1. The second-order valence-electron chi connectivity index (χ2n) is 5.37. The van der Waals surface area contributed by atoms with Gasteiger partial charge in [-0.2, -0.15) is 0 Å². The van der Waals surface area contributed by atoms with Crippen LogP contribution in [0.25, 0.3) is 0 Å². The largest absolute Gasteiger partial charge is 0.426 e. The minimum atomic E-state index is -0.461. The summed E-state index contributed by atoms with van der Waals surface area (Å²) in [5, 5.41) is 0. The summed E-state index contributed by atoms with van der Waals surface area (Å²) in [4.78, 5) is 35.4. The van der Waals surface area contributed by atoms with Crippen molar-refractivity contribution in [1.82, 2.24) is 0 Å². The monoisotopic (exact) mass is 304 g/mol. The van der Waals surface area contributed by atoms with Gasteiger partial charge in [0.15, 0.2) is 0 Å². The number of hydrogen-bond donors (Lipinski definition) is 0. The first-order chi connectivity index (χ1) is 10.5. The van der Waals surface area contributed by atoms with Gasteiger partial charge >= 0.3 is 11.9 Å². The Hall–Kier alpha value is -2.17. The lowest BCUT2D eigenvalue weighted by molar-refractivity contribution is -0.138. The Balaban J connectivity index is 2.24. The molecule has 0 aromatic heterocycles. The Kier molecular flexibility index (Phi) is 5.31. The predicted molar refractivity (Wildman–Crippen MR) is 79.9 cm³/mol. The highest BCUT2D eigenvalue weighted by molar-refractivity contribution is 5.93. The van der Waals surface area contributed by atoms with Crippen molar-refractivity contribution >= 4 is 17.7 Å². The van der Waals surface area contributed by atoms with Crippen LogP contribution >= 0.6 is 0 Å². The van der Waals surface area contributed by atoms with E-state index in [1.807, 2.05) is 13.8 Å². The third kappa shape index (κ3) is 3.72. The Morgan fingerprint density at radius 3 is 2.64 bits per heavy atom. The zero-order valence-electron chi connectivity index (χ0n) is 12.9. The van der Waals surface area contributed by atoms with E-state index in [1.165, 1.54) is 6.07 Å². The van der Waals surface area contributed by atoms with E-state index in [-0.39, 0.29) is 18.2 Å². The van der Waals surface area contributed by atoms with Crippen molar-refractivity contribution in [3.63, 3.8) is 0 Å². The number of rotatable bonds is 6. The van der Waals surface area contributed by atoms with Crippen molar-refractivity contribution in [2.45, 2.75) is 51.9 Å². The van der Waals surface area contributed by atoms with Gasteiger partial charge in [-0.05, 0) is 18.9 Å². The van der Waals surface area contributed by atoms with Crippen molar-refractivity contribution in [3.8, 4) is 11.5 Å². The molecule has 0 aliphatic carbocycles. The molecule has 0 bridgehead atoms. The average Bonchev–Trinajstić information content (AvgIpc) is 2.46. The van der Waals surface area contributed by atoms with E-state index in [9.17, 15) is 14.4 Å². The summed E-state index contributed by atoms with van der Waals surface area (Å²) in [5.41, 5.74) is 0.688. The molecule has 0 amide bonds. The first kappa shape index (κ1) is 16.2. The smallest absolute Gasteiger partial charge is 0.312 e. The molecule has 1 aliphatic rings. The lowest BCUT2D eigenvalue weighted by atomic mass is 9.87. The van der Waals surface area contributed by atoms with Gasteiger partial charge in [0.05, 0.1) is 12.3 Å². The molecule has 1 unspecified atom stereocenters. The van der Waals surface area contributed by atoms with Crippen molar-refractivity contribution in [2.24, 2.45) is 0 Å². The fourth-order valence-electron chi connectivity index (χ4n) is 2.49. The number of hydrogen-bond acceptors (Lipinski definition) is 5. The zero-order chi connectivity index (χ0) is 16.1. The molecule has 0 fully saturated rings. The lowest BCUT2D eigenvalue weighted by Crippen LogP contribution is -2.25. The summed E-state index contributed by atoms with van der Waals surface area (Å²) in [6.45, 7) is 3.82. The van der Waals surface area contributed by atoms with Crippen LogP contribution < -0.4 is 9.47 Å². The van der Waals surface area contributed by atoms with E-state index in [0.717, 1.165) is 6.42 Å². The number of Topliss-reactive ketones (excluding diaryl/α,β-unsaturated/α-hetero) is 1.